The van der Waals surface area contributed by atoms with Gasteiger partial charge in [0.2, 0.25) is 0 Å². The third kappa shape index (κ3) is 4.07. The van der Waals surface area contributed by atoms with Crippen molar-refractivity contribution in [2.75, 3.05) is 7.05 Å². The third-order valence-corrected chi connectivity index (χ3v) is 6.13. The topological polar surface area (TPSA) is 12.0 Å². The van der Waals surface area contributed by atoms with E-state index in [1.807, 2.05) is 11.3 Å². The largest absolute Gasteiger partial charge is 0.316 e. The molecular weight excluding hydrogens is 306 g/mol. The molecule has 1 unspecified atom stereocenters. The first-order chi connectivity index (χ1) is 8.81. The number of halogens is 1. The van der Waals surface area contributed by atoms with E-state index in [0.29, 0.717) is 6.04 Å². The molecule has 18 heavy (non-hydrogen) atoms. The second kappa shape index (κ2) is 7.66. The molecule has 1 aromatic heterocycles. The van der Waals surface area contributed by atoms with Crippen LogP contribution in [0.1, 0.15) is 49.8 Å². The van der Waals surface area contributed by atoms with Crippen molar-refractivity contribution in [3.05, 3.63) is 20.8 Å². The molecule has 1 N–H and O–H groups in total. The lowest BCUT2D eigenvalue weighted by Gasteiger charge is -2.28. The maximum Gasteiger partial charge on any atom is 0.0314 e. The van der Waals surface area contributed by atoms with E-state index >= 15 is 0 Å². The number of likely N-dealkylation sites (N-methyl/N-ethyl adjacent to an activating group) is 1. The average molecular weight is 330 g/mol. The van der Waals surface area contributed by atoms with Crippen LogP contribution in [0.15, 0.2) is 15.9 Å². The zero-order valence-electron chi connectivity index (χ0n) is 11.3. The Bertz CT molecular complexity index is 342. The lowest BCUT2D eigenvalue weighted by atomic mass is 9.84. The Labute approximate surface area is 123 Å². The van der Waals surface area contributed by atoms with Crippen LogP contribution in [-0.2, 0) is 6.42 Å². The van der Waals surface area contributed by atoms with E-state index in [4.69, 9.17) is 0 Å². The van der Waals surface area contributed by atoms with Gasteiger partial charge in [-0.05, 0) is 59.6 Å². The van der Waals surface area contributed by atoms with Gasteiger partial charge in [-0.1, -0.05) is 32.1 Å². The van der Waals surface area contributed by atoms with Gasteiger partial charge in [-0.2, -0.15) is 0 Å². The minimum Gasteiger partial charge on any atom is -0.316 e. The predicted molar refractivity (Wildman–Crippen MR) is 84.4 cm³/mol. The number of nitrogens with one attached hydrogen (secondary N) is 1. The highest BCUT2D eigenvalue weighted by Gasteiger charge is 2.22. The van der Waals surface area contributed by atoms with Crippen LogP contribution in [0.3, 0.4) is 0 Å². The fraction of sp³-hybridized carbons (Fsp3) is 0.733. The maximum absolute atomic E-state index is 3.66. The molecule has 0 aliphatic heterocycles. The molecule has 1 aliphatic carbocycles. The van der Waals surface area contributed by atoms with E-state index < -0.39 is 0 Å². The second-order valence-electron chi connectivity index (χ2n) is 5.40. The van der Waals surface area contributed by atoms with Crippen LogP contribution < -0.4 is 5.32 Å². The fourth-order valence-electron chi connectivity index (χ4n) is 3.07. The van der Waals surface area contributed by atoms with Crippen LogP contribution in [-0.4, -0.2) is 13.1 Å². The maximum atomic E-state index is 3.66. The molecule has 102 valence electrons. The standard InChI is InChI=1S/C15H24BrNS/c1-17-14(11-15-13(16)9-10-18-15)12-7-5-3-2-4-6-8-12/h9-10,12,14,17H,2-8,11H2,1H3. The van der Waals surface area contributed by atoms with Crippen molar-refractivity contribution < 1.29 is 0 Å². The van der Waals surface area contributed by atoms with Gasteiger partial charge in [0.05, 0.1) is 0 Å². The molecule has 1 fully saturated rings. The van der Waals surface area contributed by atoms with Gasteiger partial charge in [0.15, 0.2) is 0 Å². The molecular formula is C15H24BrNS. The van der Waals surface area contributed by atoms with Crippen molar-refractivity contribution in [3.63, 3.8) is 0 Å². The molecule has 3 heteroatoms. The highest BCUT2D eigenvalue weighted by Crippen LogP contribution is 2.30. The van der Waals surface area contributed by atoms with Gasteiger partial charge < -0.3 is 5.32 Å². The number of thiophene rings is 1. The molecule has 1 aromatic rings. The highest BCUT2D eigenvalue weighted by molar-refractivity contribution is 9.10. The fourth-order valence-corrected chi connectivity index (χ4v) is 4.64. The van der Waals surface area contributed by atoms with E-state index in [1.165, 1.54) is 60.7 Å². The minimum absolute atomic E-state index is 0.651. The number of hydrogen-bond acceptors (Lipinski definition) is 2. The quantitative estimate of drug-likeness (QED) is 0.819. The van der Waals surface area contributed by atoms with Gasteiger partial charge in [-0.3, -0.25) is 0 Å². The zero-order valence-corrected chi connectivity index (χ0v) is 13.7. The molecule has 1 heterocycles. The lowest BCUT2D eigenvalue weighted by molar-refractivity contribution is 0.294. The van der Waals surface area contributed by atoms with Crippen LogP contribution >= 0.6 is 27.3 Å². The van der Waals surface area contributed by atoms with Gasteiger partial charge in [-0.25, -0.2) is 0 Å². The minimum atomic E-state index is 0.651. The second-order valence-corrected chi connectivity index (χ2v) is 7.25. The van der Waals surface area contributed by atoms with Crippen molar-refractivity contribution in [1.29, 1.82) is 0 Å². The summed E-state index contributed by atoms with van der Waals surface area (Å²) in [5, 5.41) is 5.76. The molecule has 1 saturated carbocycles. The summed E-state index contributed by atoms with van der Waals surface area (Å²) in [6.07, 6.45) is 11.2. The Balaban J connectivity index is 1.95. The molecule has 0 saturated heterocycles. The average Bonchev–Trinajstić information content (AvgIpc) is 2.72. The van der Waals surface area contributed by atoms with Crippen molar-refractivity contribution in [2.45, 2.75) is 57.4 Å². The van der Waals surface area contributed by atoms with E-state index in [-0.39, 0.29) is 0 Å². The number of hydrogen-bond donors (Lipinski definition) is 1. The van der Waals surface area contributed by atoms with E-state index in [2.05, 4.69) is 39.7 Å². The smallest absolute Gasteiger partial charge is 0.0314 e. The summed E-state index contributed by atoms with van der Waals surface area (Å²) in [5.41, 5.74) is 0. The van der Waals surface area contributed by atoms with Gasteiger partial charge in [0.25, 0.3) is 0 Å². The SMILES string of the molecule is CNC(Cc1sccc1Br)C1CCCCCCC1. The summed E-state index contributed by atoms with van der Waals surface area (Å²) in [6.45, 7) is 0. The first kappa shape index (κ1) is 14.5. The van der Waals surface area contributed by atoms with Gasteiger partial charge in [0, 0.05) is 15.4 Å². The molecule has 0 aromatic carbocycles. The highest BCUT2D eigenvalue weighted by atomic mass is 79.9. The van der Waals surface area contributed by atoms with E-state index in [1.54, 1.807) is 0 Å². The van der Waals surface area contributed by atoms with Crippen molar-refractivity contribution in [1.82, 2.24) is 5.32 Å². The van der Waals surface area contributed by atoms with Crippen LogP contribution in [0.25, 0.3) is 0 Å². The number of rotatable bonds is 4. The van der Waals surface area contributed by atoms with Crippen LogP contribution in [0, 0.1) is 5.92 Å². The summed E-state index contributed by atoms with van der Waals surface area (Å²) in [5.74, 6) is 0.865. The Kier molecular flexibility index (Phi) is 6.19. The van der Waals surface area contributed by atoms with Gasteiger partial charge in [0.1, 0.15) is 0 Å². The summed E-state index contributed by atoms with van der Waals surface area (Å²) in [7, 11) is 2.13. The first-order valence-electron chi connectivity index (χ1n) is 7.20. The Morgan fingerprint density at radius 1 is 1.28 bits per heavy atom. The Morgan fingerprint density at radius 2 is 1.94 bits per heavy atom. The van der Waals surface area contributed by atoms with Gasteiger partial charge >= 0.3 is 0 Å². The summed E-state index contributed by atoms with van der Waals surface area (Å²) >= 11 is 5.54. The Hall–Kier alpha value is 0.140. The monoisotopic (exact) mass is 329 g/mol. The van der Waals surface area contributed by atoms with E-state index in [9.17, 15) is 0 Å². The summed E-state index contributed by atoms with van der Waals surface area (Å²) < 4.78 is 1.29. The molecule has 0 spiro atoms. The van der Waals surface area contributed by atoms with Crippen LogP contribution in [0.2, 0.25) is 0 Å². The molecule has 2 rings (SSSR count). The zero-order chi connectivity index (χ0) is 12.8. The van der Waals surface area contributed by atoms with Crippen LogP contribution in [0.5, 0.6) is 0 Å². The first-order valence-corrected chi connectivity index (χ1v) is 8.87. The summed E-state index contributed by atoms with van der Waals surface area (Å²) in [4.78, 5) is 1.50. The van der Waals surface area contributed by atoms with Gasteiger partial charge in [-0.15, -0.1) is 11.3 Å². The lowest BCUT2D eigenvalue weighted by Crippen LogP contribution is -2.35. The van der Waals surface area contributed by atoms with Crippen molar-refractivity contribution in [2.24, 2.45) is 5.92 Å². The molecule has 0 amide bonds. The molecule has 1 nitrogen and oxygen atoms in total. The Morgan fingerprint density at radius 3 is 2.50 bits per heavy atom. The third-order valence-electron chi connectivity index (χ3n) is 4.19. The molecule has 0 bridgehead atoms. The molecule has 1 atom stereocenters. The van der Waals surface area contributed by atoms with Crippen LogP contribution in [0.4, 0.5) is 0 Å². The molecule has 0 radical (unpaired) electrons. The van der Waals surface area contributed by atoms with E-state index in [0.717, 1.165) is 5.92 Å². The molecule has 1 aliphatic rings. The summed E-state index contributed by atoms with van der Waals surface area (Å²) in [6, 6.07) is 2.82. The predicted octanol–water partition coefficient (Wildman–Crippen LogP) is 5.00. The van der Waals surface area contributed by atoms with Crippen molar-refractivity contribution in [3.8, 4) is 0 Å². The normalized spacial score (nSPS) is 20.3. The van der Waals surface area contributed by atoms with Crippen molar-refractivity contribution >= 4 is 27.3 Å².